The second-order valence-corrected chi connectivity index (χ2v) is 12.5. The third-order valence-electron chi connectivity index (χ3n) is 7.47. The van der Waals surface area contributed by atoms with Gasteiger partial charge in [-0.25, -0.2) is 8.42 Å². The van der Waals surface area contributed by atoms with Gasteiger partial charge < -0.3 is 10.2 Å². The van der Waals surface area contributed by atoms with Crippen LogP contribution in [0.15, 0.2) is 42.5 Å². The van der Waals surface area contributed by atoms with Crippen LogP contribution in [0.1, 0.15) is 74.1 Å². The molecule has 0 bridgehead atoms. The molecule has 1 N–H and O–H groups in total. The zero-order valence-corrected chi connectivity index (χ0v) is 24.3. The fraction of sp³-hybridized carbons (Fsp3) is 0.533. The maximum atomic E-state index is 13.7. The molecule has 38 heavy (non-hydrogen) atoms. The lowest BCUT2D eigenvalue weighted by molar-refractivity contribution is -0.141. The molecule has 0 unspecified atom stereocenters. The molecule has 208 valence electrons. The molecule has 3 rings (SSSR count). The Morgan fingerprint density at radius 3 is 2.34 bits per heavy atom. The summed E-state index contributed by atoms with van der Waals surface area (Å²) in [7, 11) is -3.53. The van der Waals surface area contributed by atoms with Gasteiger partial charge in [-0.15, -0.1) is 0 Å². The topological polar surface area (TPSA) is 86.8 Å². The van der Waals surface area contributed by atoms with Gasteiger partial charge >= 0.3 is 0 Å². The Hall–Kier alpha value is -2.87. The van der Waals surface area contributed by atoms with Gasteiger partial charge in [0.15, 0.2) is 0 Å². The summed E-state index contributed by atoms with van der Waals surface area (Å²) in [4.78, 5) is 28.7. The van der Waals surface area contributed by atoms with Crippen LogP contribution in [-0.2, 0) is 26.2 Å². The van der Waals surface area contributed by atoms with Crippen molar-refractivity contribution in [1.82, 2.24) is 10.2 Å². The number of aryl methyl sites for hydroxylation is 3. The van der Waals surface area contributed by atoms with Crippen LogP contribution in [0.3, 0.4) is 0 Å². The molecular formula is C30H43N3O4S. The smallest absolute Gasteiger partial charge is 0.243 e. The first-order valence-corrected chi connectivity index (χ1v) is 15.6. The quantitative estimate of drug-likeness (QED) is 0.409. The summed E-state index contributed by atoms with van der Waals surface area (Å²) >= 11 is 0. The standard InChI is InChI=1S/C30H43N3O4S/c1-6-27(30(35)31-26-14-9-10-15-26)32(21-25-13-8-7-12-23(25)3)29(34)16-11-19-33(38(5,36)37)28-20-22(2)17-18-24(28)4/h7-8,12-13,17-18,20,26-27H,6,9-11,14-16,19,21H2,1-5H3,(H,31,35)/t27-/m0/s1. The Kier molecular flexibility index (Phi) is 10.4. The maximum absolute atomic E-state index is 13.7. The van der Waals surface area contributed by atoms with E-state index in [-0.39, 0.29) is 30.8 Å². The van der Waals surface area contributed by atoms with E-state index in [1.807, 2.05) is 70.2 Å². The average molecular weight is 542 g/mol. The van der Waals surface area contributed by atoms with E-state index in [2.05, 4.69) is 5.32 Å². The second-order valence-electron chi connectivity index (χ2n) is 10.6. The minimum Gasteiger partial charge on any atom is -0.352 e. The van der Waals surface area contributed by atoms with Crippen LogP contribution in [0.25, 0.3) is 0 Å². The summed E-state index contributed by atoms with van der Waals surface area (Å²) in [5.74, 6) is -0.245. The summed E-state index contributed by atoms with van der Waals surface area (Å²) in [5, 5.41) is 3.17. The number of hydrogen-bond acceptors (Lipinski definition) is 4. The number of rotatable bonds is 12. The molecule has 2 aromatic carbocycles. The van der Waals surface area contributed by atoms with Gasteiger partial charge in [0.05, 0.1) is 11.9 Å². The summed E-state index contributed by atoms with van der Waals surface area (Å²) in [6.07, 6.45) is 6.40. The summed E-state index contributed by atoms with van der Waals surface area (Å²) in [5.41, 5.74) is 4.54. The minimum absolute atomic E-state index is 0.102. The van der Waals surface area contributed by atoms with E-state index in [1.54, 1.807) is 4.90 Å². The van der Waals surface area contributed by atoms with Crippen LogP contribution < -0.4 is 9.62 Å². The fourth-order valence-corrected chi connectivity index (χ4v) is 6.24. The first kappa shape index (κ1) is 29.7. The van der Waals surface area contributed by atoms with Gasteiger partial charge in [0.2, 0.25) is 21.8 Å². The van der Waals surface area contributed by atoms with Gasteiger partial charge in [0.25, 0.3) is 0 Å². The zero-order chi connectivity index (χ0) is 27.9. The van der Waals surface area contributed by atoms with Crippen molar-refractivity contribution in [1.29, 1.82) is 0 Å². The van der Waals surface area contributed by atoms with Gasteiger partial charge in [0, 0.05) is 25.6 Å². The van der Waals surface area contributed by atoms with Crippen LogP contribution in [0.5, 0.6) is 0 Å². The van der Waals surface area contributed by atoms with E-state index < -0.39 is 16.1 Å². The first-order valence-electron chi connectivity index (χ1n) is 13.7. The minimum atomic E-state index is -3.53. The molecule has 2 aromatic rings. The average Bonchev–Trinajstić information content (AvgIpc) is 3.36. The highest BCUT2D eigenvalue weighted by atomic mass is 32.2. The molecule has 1 atom stereocenters. The molecule has 2 amide bonds. The number of hydrogen-bond donors (Lipinski definition) is 1. The predicted octanol–water partition coefficient (Wildman–Crippen LogP) is 5.02. The molecule has 0 aromatic heterocycles. The Bertz CT molecular complexity index is 1220. The van der Waals surface area contributed by atoms with Crippen LogP contribution in [0.2, 0.25) is 0 Å². The lowest BCUT2D eigenvalue weighted by atomic mass is 10.0. The van der Waals surface area contributed by atoms with Crippen molar-refractivity contribution in [3.63, 3.8) is 0 Å². The number of carbonyl (C=O) groups is 2. The number of nitrogens with one attached hydrogen (secondary N) is 1. The highest BCUT2D eigenvalue weighted by molar-refractivity contribution is 7.92. The van der Waals surface area contributed by atoms with Crippen molar-refractivity contribution in [2.75, 3.05) is 17.1 Å². The van der Waals surface area contributed by atoms with Crippen molar-refractivity contribution in [3.8, 4) is 0 Å². The zero-order valence-electron chi connectivity index (χ0n) is 23.5. The van der Waals surface area contributed by atoms with Gasteiger partial charge in [-0.1, -0.05) is 56.2 Å². The van der Waals surface area contributed by atoms with E-state index in [9.17, 15) is 18.0 Å². The first-order chi connectivity index (χ1) is 18.0. The highest BCUT2D eigenvalue weighted by Crippen LogP contribution is 2.25. The van der Waals surface area contributed by atoms with Crippen molar-refractivity contribution in [3.05, 3.63) is 64.7 Å². The lowest BCUT2D eigenvalue weighted by Crippen LogP contribution is -2.51. The summed E-state index contributed by atoms with van der Waals surface area (Å²) in [6.45, 7) is 8.29. The summed E-state index contributed by atoms with van der Waals surface area (Å²) in [6, 6.07) is 13.2. The molecule has 0 spiro atoms. The molecule has 1 fully saturated rings. The second kappa shape index (κ2) is 13.3. The number of amides is 2. The lowest BCUT2D eigenvalue weighted by Gasteiger charge is -2.32. The van der Waals surface area contributed by atoms with Crippen LogP contribution in [0.4, 0.5) is 5.69 Å². The Labute approximate surface area is 228 Å². The summed E-state index contributed by atoms with van der Waals surface area (Å²) < 4.78 is 26.7. The monoisotopic (exact) mass is 541 g/mol. The van der Waals surface area contributed by atoms with Gasteiger partial charge in [-0.3, -0.25) is 13.9 Å². The van der Waals surface area contributed by atoms with Gasteiger partial charge in [-0.05, 0) is 74.8 Å². The van der Waals surface area contributed by atoms with Crippen molar-refractivity contribution in [2.24, 2.45) is 0 Å². The molecule has 7 nitrogen and oxygen atoms in total. The van der Waals surface area contributed by atoms with Crippen molar-refractivity contribution in [2.45, 2.75) is 91.3 Å². The van der Waals surface area contributed by atoms with Gasteiger partial charge in [-0.2, -0.15) is 0 Å². The molecular weight excluding hydrogens is 498 g/mol. The van der Waals surface area contributed by atoms with Crippen LogP contribution in [0, 0.1) is 20.8 Å². The molecule has 0 heterocycles. The molecule has 0 aliphatic heterocycles. The Morgan fingerprint density at radius 2 is 1.71 bits per heavy atom. The third kappa shape index (κ3) is 7.82. The van der Waals surface area contributed by atoms with Crippen LogP contribution >= 0.6 is 0 Å². The number of benzene rings is 2. The molecule has 8 heteroatoms. The molecule has 1 saturated carbocycles. The number of carbonyl (C=O) groups excluding carboxylic acids is 2. The SMILES string of the molecule is CC[C@@H](C(=O)NC1CCCC1)N(Cc1ccccc1C)C(=O)CCCN(c1cc(C)ccc1C)S(C)(=O)=O. The van der Waals surface area contributed by atoms with Crippen molar-refractivity contribution >= 4 is 27.5 Å². The van der Waals surface area contributed by atoms with E-state index in [4.69, 9.17) is 0 Å². The largest absolute Gasteiger partial charge is 0.352 e. The number of sulfonamides is 1. The molecule has 1 aliphatic rings. The Balaban J connectivity index is 1.79. The predicted molar refractivity (Wildman–Crippen MR) is 154 cm³/mol. The normalized spacial score (nSPS) is 14.8. The van der Waals surface area contributed by atoms with Crippen LogP contribution in [-0.4, -0.2) is 50.0 Å². The molecule has 0 radical (unpaired) electrons. The molecule has 0 saturated heterocycles. The molecule has 1 aliphatic carbocycles. The highest BCUT2D eigenvalue weighted by Gasteiger charge is 2.31. The van der Waals surface area contributed by atoms with Gasteiger partial charge in [0.1, 0.15) is 6.04 Å². The van der Waals surface area contributed by atoms with E-state index in [0.717, 1.165) is 47.9 Å². The maximum Gasteiger partial charge on any atom is 0.243 e. The van der Waals surface area contributed by atoms with E-state index in [1.165, 1.54) is 10.6 Å². The van der Waals surface area contributed by atoms with E-state index >= 15 is 0 Å². The number of nitrogens with zero attached hydrogens (tertiary/aromatic N) is 2. The van der Waals surface area contributed by atoms with E-state index in [0.29, 0.717) is 25.1 Å². The number of anilines is 1. The third-order valence-corrected chi connectivity index (χ3v) is 8.65. The van der Waals surface area contributed by atoms with Crippen molar-refractivity contribution < 1.29 is 18.0 Å². The Morgan fingerprint density at radius 1 is 1.03 bits per heavy atom. The fourth-order valence-electron chi connectivity index (χ4n) is 5.23.